The first kappa shape index (κ1) is 28.3. The molecule has 2 aromatic rings. The zero-order chi connectivity index (χ0) is 27.0. The van der Waals surface area contributed by atoms with Crippen LogP contribution in [0.25, 0.3) is 6.08 Å². The molecule has 0 bridgehead atoms. The van der Waals surface area contributed by atoms with Crippen LogP contribution in [-0.4, -0.2) is 55.6 Å². The van der Waals surface area contributed by atoms with Crippen LogP contribution < -0.4 is 19.5 Å². The van der Waals surface area contributed by atoms with Crippen molar-refractivity contribution in [2.45, 2.75) is 33.1 Å². The third-order valence-corrected chi connectivity index (χ3v) is 5.66. The number of halogens is 3. The molecule has 0 aromatic heterocycles. The summed E-state index contributed by atoms with van der Waals surface area (Å²) >= 11 is 5.37. The van der Waals surface area contributed by atoms with Crippen molar-refractivity contribution >= 4 is 29.3 Å². The Kier molecular flexibility index (Phi) is 9.76. The Morgan fingerprint density at radius 3 is 2.41 bits per heavy atom. The summed E-state index contributed by atoms with van der Waals surface area (Å²) in [7, 11) is 1.42. The maximum absolute atomic E-state index is 13.0. The summed E-state index contributed by atoms with van der Waals surface area (Å²) < 4.78 is 58.6. The molecular weight excluding hydrogens is 509 g/mol. The van der Waals surface area contributed by atoms with Crippen LogP contribution in [0.15, 0.2) is 42.1 Å². The number of hydrogen-bond donors (Lipinski definition) is 1. The Balaban J connectivity index is 1.70. The average molecular weight is 539 g/mol. The zero-order valence-electron chi connectivity index (χ0n) is 20.8. The van der Waals surface area contributed by atoms with Crippen molar-refractivity contribution in [3.8, 4) is 17.2 Å². The lowest BCUT2D eigenvalue weighted by molar-refractivity contribution is -0.176. The highest BCUT2D eigenvalue weighted by Crippen LogP contribution is 2.29. The highest BCUT2D eigenvalue weighted by molar-refractivity contribution is 7.80. The van der Waals surface area contributed by atoms with E-state index in [4.69, 9.17) is 31.2 Å². The topological polar surface area (TPSA) is 69.3 Å². The van der Waals surface area contributed by atoms with Gasteiger partial charge in [0.25, 0.3) is 5.91 Å². The summed E-state index contributed by atoms with van der Waals surface area (Å²) in [6, 6.07) is 10.6. The number of amides is 1. The minimum absolute atomic E-state index is 0.263. The Hall–Kier alpha value is -3.31. The lowest BCUT2D eigenvalue weighted by Crippen LogP contribution is -2.32. The van der Waals surface area contributed by atoms with Crippen LogP contribution in [0.1, 0.15) is 30.5 Å². The van der Waals surface area contributed by atoms with Gasteiger partial charge in [-0.05, 0) is 74.0 Å². The fourth-order valence-corrected chi connectivity index (χ4v) is 4.00. The number of nitrogens with zero attached hydrogens (tertiary/aromatic N) is 1. The quantitative estimate of drug-likeness (QED) is 0.305. The molecule has 0 saturated carbocycles. The number of alkyl halides is 3. The molecule has 11 heteroatoms. The molecule has 0 radical (unpaired) electrons. The second-order valence-corrected chi connectivity index (χ2v) is 8.41. The first-order chi connectivity index (χ1) is 17.6. The summed E-state index contributed by atoms with van der Waals surface area (Å²) in [5.41, 5.74) is 2.23. The number of thiocarbonyl (C=S) groups is 1. The predicted octanol–water partition coefficient (Wildman–Crippen LogP) is 4.87. The Labute approximate surface area is 219 Å². The van der Waals surface area contributed by atoms with E-state index in [2.05, 4.69) is 5.32 Å². The number of ether oxygens (including phenoxy) is 4. The maximum atomic E-state index is 13.0. The molecule has 1 aliphatic rings. The van der Waals surface area contributed by atoms with Gasteiger partial charge in [-0.2, -0.15) is 13.2 Å². The van der Waals surface area contributed by atoms with Gasteiger partial charge in [0, 0.05) is 12.1 Å². The number of rotatable bonds is 12. The molecule has 0 spiro atoms. The Morgan fingerprint density at radius 1 is 1.03 bits per heavy atom. The van der Waals surface area contributed by atoms with Crippen LogP contribution in [0.2, 0.25) is 0 Å². The van der Waals surface area contributed by atoms with Crippen molar-refractivity contribution in [1.82, 2.24) is 10.2 Å². The van der Waals surface area contributed by atoms with Crippen molar-refractivity contribution < 1.29 is 36.9 Å². The first-order valence-corrected chi connectivity index (χ1v) is 12.1. The number of nitrogens with one attached hydrogen (secondary N) is 1. The fraction of sp³-hybridized carbons (Fsp3) is 0.385. The fourth-order valence-electron chi connectivity index (χ4n) is 3.71. The lowest BCUT2D eigenvalue weighted by Gasteiger charge is -2.16. The summed E-state index contributed by atoms with van der Waals surface area (Å²) in [5, 5.41) is 3.19. The van der Waals surface area contributed by atoms with Crippen molar-refractivity contribution in [3.63, 3.8) is 0 Å². The molecule has 1 heterocycles. The molecule has 1 amide bonds. The lowest BCUT2D eigenvalue weighted by atomic mass is 10.1. The summed E-state index contributed by atoms with van der Waals surface area (Å²) in [6.45, 7) is 3.49. The normalized spacial score (nSPS) is 14.8. The van der Waals surface area contributed by atoms with Crippen molar-refractivity contribution in [2.75, 3.05) is 33.5 Å². The number of benzene rings is 2. The van der Waals surface area contributed by atoms with Gasteiger partial charge in [-0.1, -0.05) is 12.1 Å². The van der Waals surface area contributed by atoms with Gasteiger partial charge < -0.3 is 24.3 Å². The first-order valence-electron chi connectivity index (χ1n) is 11.7. The number of carbonyl (C=O) groups excluding carboxylic acids is 1. The molecule has 0 unspecified atom stereocenters. The van der Waals surface area contributed by atoms with Crippen molar-refractivity contribution in [2.24, 2.45) is 0 Å². The zero-order valence-corrected chi connectivity index (χ0v) is 21.6. The van der Waals surface area contributed by atoms with Crippen LogP contribution in [0.5, 0.6) is 17.2 Å². The molecule has 7 nitrogen and oxygen atoms in total. The minimum Gasteiger partial charge on any atom is -0.496 e. The number of hydrogen-bond acceptors (Lipinski definition) is 6. The van der Waals surface area contributed by atoms with Gasteiger partial charge in [-0.15, -0.1) is 0 Å². The second kappa shape index (κ2) is 12.8. The van der Waals surface area contributed by atoms with Crippen molar-refractivity contribution in [3.05, 3.63) is 58.8 Å². The standard InChI is InChI=1S/C26H29F3N2O5S/c1-4-35-22-9-6-17(14-23(22)36-5-2)10-11-31-24(32)20(30-25(31)37)13-18-7-8-21(33-3)19(12-18)15-34-16-26(27,28)29/h6-9,12-14H,4-5,10-11,15-16H2,1-3H3,(H,30,37)/b20-13+. The summed E-state index contributed by atoms with van der Waals surface area (Å²) in [5.74, 6) is 1.39. The highest BCUT2D eigenvalue weighted by Gasteiger charge is 2.30. The Morgan fingerprint density at radius 2 is 1.73 bits per heavy atom. The third-order valence-electron chi connectivity index (χ3n) is 5.33. The van der Waals surface area contributed by atoms with Gasteiger partial charge in [-0.25, -0.2) is 0 Å². The molecule has 1 fully saturated rings. The van der Waals surface area contributed by atoms with Crippen LogP contribution in [0.3, 0.4) is 0 Å². The van der Waals surface area contributed by atoms with Crippen LogP contribution in [0.4, 0.5) is 13.2 Å². The molecule has 0 atom stereocenters. The monoisotopic (exact) mass is 538 g/mol. The number of carbonyl (C=O) groups is 1. The molecule has 37 heavy (non-hydrogen) atoms. The van der Waals surface area contributed by atoms with Gasteiger partial charge in [0.1, 0.15) is 18.1 Å². The highest BCUT2D eigenvalue weighted by atomic mass is 32.1. The SMILES string of the molecule is CCOc1ccc(CCN2C(=O)/C(=C\c3ccc(OC)c(COCC(F)(F)F)c3)NC2=S)cc1OCC. The van der Waals surface area contributed by atoms with Gasteiger partial charge in [0.05, 0.1) is 26.9 Å². The van der Waals surface area contributed by atoms with Crippen LogP contribution in [-0.2, 0) is 22.6 Å². The van der Waals surface area contributed by atoms with E-state index in [1.165, 1.54) is 12.0 Å². The van der Waals surface area contributed by atoms with Crippen LogP contribution >= 0.6 is 12.2 Å². The van der Waals surface area contributed by atoms with Gasteiger partial charge in [0.2, 0.25) is 0 Å². The third kappa shape index (κ3) is 7.83. The van der Waals surface area contributed by atoms with Crippen molar-refractivity contribution in [1.29, 1.82) is 0 Å². The van der Waals surface area contributed by atoms with Gasteiger partial charge in [0.15, 0.2) is 16.6 Å². The van der Waals surface area contributed by atoms with E-state index in [9.17, 15) is 18.0 Å². The molecule has 0 aliphatic carbocycles. The molecule has 1 aliphatic heterocycles. The predicted molar refractivity (Wildman–Crippen MR) is 137 cm³/mol. The Bertz CT molecular complexity index is 1150. The van der Waals surface area contributed by atoms with E-state index in [1.54, 1.807) is 24.3 Å². The van der Waals surface area contributed by atoms with Crippen LogP contribution in [0, 0.1) is 0 Å². The van der Waals surface area contributed by atoms with E-state index in [-0.39, 0.29) is 23.3 Å². The number of methoxy groups -OCH3 is 1. The van der Waals surface area contributed by atoms with E-state index in [1.807, 2.05) is 32.0 Å². The largest absolute Gasteiger partial charge is 0.496 e. The molecule has 2 aromatic carbocycles. The van der Waals surface area contributed by atoms with Gasteiger partial charge >= 0.3 is 6.18 Å². The maximum Gasteiger partial charge on any atom is 0.411 e. The second-order valence-electron chi connectivity index (χ2n) is 8.02. The molecular formula is C26H29F3N2O5S. The molecule has 1 saturated heterocycles. The van der Waals surface area contributed by atoms with E-state index < -0.39 is 12.8 Å². The minimum atomic E-state index is -4.43. The van der Waals surface area contributed by atoms with E-state index in [0.717, 1.165) is 5.56 Å². The van der Waals surface area contributed by atoms with E-state index in [0.29, 0.717) is 54.6 Å². The summed E-state index contributed by atoms with van der Waals surface area (Å²) in [4.78, 5) is 14.5. The molecule has 200 valence electrons. The molecule has 1 N–H and O–H groups in total. The average Bonchev–Trinajstić information content (AvgIpc) is 3.11. The van der Waals surface area contributed by atoms with Gasteiger partial charge in [-0.3, -0.25) is 9.69 Å². The molecule has 3 rings (SSSR count). The summed E-state index contributed by atoms with van der Waals surface area (Å²) in [6.07, 6.45) is -2.30. The smallest absolute Gasteiger partial charge is 0.411 e. The van der Waals surface area contributed by atoms with E-state index >= 15 is 0 Å².